The van der Waals surface area contributed by atoms with Crippen LogP contribution in [0.25, 0.3) is 10.9 Å². The van der Waals surface area contributed by atoms with E-state index in [1.165, 1.54) is 11.2 Å². The lowest BCUT2D eigenvalue weighted by molar-refractivity contribution is -0.129. The van der Waals surface area contributed by atoms with Gasteiger partial charge in [0.2, 0.25) is 0 Å². The summed E-state index contributed by atoms with van der Waals surface area (Å²) in [5, 5.41) is 11.7. The first-order valence-corrected chi connectivity index (χ1v) is 9.66. The van der Waals surface area contributed by atoms with Gasteiger partial charge in [0.25, 0.3) is 5.91 Å². The molecule has 6 heteroatoms. The highest BCUT2D eigenvalue weighted by molar-refractivity contribution is 6.10. The van der Waals surface area contributed by atoms with Gasteiger partial charge < -0.3 is 19.4 Å². The van der Waals surface area contributed by atoms with Crippen LogP contribution in [0.5, 0.6) is 0 Å². The van der Waals surface area contributed by atoms with E-state index < -0.39 is 23.1 Å². The highest BCUT2D eigenvalue weighted by Gasteiger charge is 2.46. The molecule has 4 rings (SSSR count). The predicted molar refractivity (Wildman–Crippen MR) is 109 cm³/mol. The number of rotatable bonds is 5. The van der Waals surface area contributed by atoms with Crippen molar-refractivity contribution in [2.45, 2.75) is 33.2 Å². The van der Waals surface area contributed by atoms with Crippen LogP contribution in [0, 0.1) is 5.41 Å². The average Bonchev–Trinajstić information content (AvgIpc) is 3.39. The third-order valence-electron chi connectivity index (χ3n) is 5.34. The molecule has 0 spiro atoms. The van der Waals surface area contributed by atoms with Crippen molar-refractivity contribution in [1.29, 1.82) is 0 Å². The van der Waals surface area contributed by atoms with Crippen LogP contribution < -0.4 is 0 Å². The van der Waals surface area contributed by atoms with Crippen LogP contribution in [-0.4, -0.2) is 33.2 Å². The Balaban J connectivity index is 1.67. The normalized spacial score (nSPS) is 17.6. The Labute approximate surface area is 168 Å². The summed E-state index contributed by atoms with van der Waals surface area (Å²) in [7, 11) is 0. The first-order valence-electron chi connectivity index (χ1n) is 9.66. The second-order valence-corrected chi connectivity index (χ2v) is 8.37. The van der Waals surface area contributed by atoms with Crippen molar-refractivity contribution in [1.82, 2.24) is 9.88 Å². The van der Waals surface area contributed by atoms with Gasteiger partial charge in [-0.1, -0.05) is 39.0 Å². The van der Waals surface area contributed by atoms with E-state index in [1.54, 1.807) is 32.9 Å². The number of H-pyrrole nitrogens is 1. The number of aliphatic hydroxyl groups is 1. The van der Waals surface area contributed by atoms with Gasteiger partial charge in [-0.3, -0.25) is 9.59 Å². The number of hydrogen-bond acceptors (Lipinski definition) is 4. The van der Waals surface area contributed by atoms with Gasteiger partial charge in [0.15, 0.2) is 11.5 Å². The molecular weight excluding hydrogens is 368 g/mol. The van der Waals surface area contributed by atoms with E-state index in [-0.39, 0.29) is 11.4 Å². The van der Waals surface area contributed by atoms with Crippen molar-refractivity contribution in [2.24, 2.45) is 5.41 Å². The summed E-state index contributed by atoms with van der Waals surface area (Å²) in [6.45, 7) is 5.66. The molecule has 1 aliphatic rings. The lowest BCUT2D eigenvalue weighted by Crippen LogP contribution is -2.34. The fraction of sp³-hybridized carbons (Fsp3) is 0.304. The molecule has 2 N–H and O–H groups in total. The first-order chi connectivity index (χ1) is 13.8. The summed E-state index contributed by atoms with van der Waals surface area (Å²) < 4.78 is 5.55. The highest BCUT2D eigenvalue weighted by Crippen LogP contribution is 2.41. The number of ketones is 1. The van der Waals surface area contributed by atoms with Crippen LogP contribution >= 0.6 is 0 Å². The van der Waals surface area contributed by atoms with Crippen molar-refractivity contribution in [3.63, 3.8) is 0 Å². The standard InChI is InChI=1S/C23H24N2O4/c1-23(2,3)21(27)18-19(17-9-6-12-29-17)25(22(28)20(18)26)11-10-14-13-24-16-8-5-4-7-15(14)16/h4-9,12-13,19,24,26H,10-11H2,1-3H3. The minimum Gasteiger partial charge on any atom is -0.503 e. The molecule has 1 unspecified atom stereocenters. The number of fused-ring (bicyclic) bond motifs is 1. The molecule has 29 heavy (non-hydrogen) atoms. The molecule has 1 aliphatic heterocycles. The number of hydrogen-bond donors (Lipinski definition) is 2. The average molecular weight is 392 g/mol. The van der Waals surface area contributed by atoms with Crippen LogP contribution in [0.1, 0.15) is 38.1 Å². The summed E-state index contributed by atoms with van der Waals surface area (Å²) in [6, 6.07) is 10.7. The van der Waals surface area contributed by atoms with Gasteiger partial charge in [0, 0.05) is 29.1 Å². The molecule has 1 atom stereocenters. The maximum Gasteiger partial charge on any atom is 0.290 e. The number of benzene rings is 1. The van der Waals surface area contributed by atoms with Gasteiger partial charge >= 0.3 is 0 Å². The number of Topliss-reactive ketones (excluding diaryl/α,β-unsaturated/α-hetero) is 1. The number of furan rings is 1. The minimum atomic E-state index is -0.735. The van der Waals surface area contributed by atoms with Crippen LogP contribution in [0.2, 0.25) is 0 Å². The number of carbonyl (C=O) groups is 2. The van der Waals surface area contributed by atoms with Gasteiger partial charge in [-0.05, 0) is 30.2 Å². The molecular formula is C23H24N2O4. The molecule has 3 aromatic rings. The minimum absolute atomic E-state index is 0.108. The summed E-state index contributed by atoms with van der Waals surface area (Å²) in [5.41, 5.74) is 1.47. The molecule has 0 fully saturated rings. The Morgan fingerprint density at radius 1 is 1.21 bits per heavy atom. The summed E-state index contributed by atoms with van der Waals surface area (Å²) in [4.78, 5) is 30.7. The zero-order chi connectivity index (χ0) is 20.8. The third kappa shape index (κ3) is 3.24. The lowest BCUT2D eigenvalue weighted by atomic mass is 9.83. The predicted octanol–water partition coefficient (Wildman–Crippen LogP) is 4.31. The van der Waals surface area contributed by atoms with Gasteiger partial charge in [0.05, 0.1) is 11.8 Å². The molecule has 150 valence electrons. The summed E-state index contributed by atoms with van der Waals surface area (Å²) in [5.74, 6) is -0.822. The van der Waals surface area contributed by atoms with Crippen molar-refractivity contribution >= 4 is 22.6 Å². The SMILES string of the molecule is CC(C)(C)C(=O)C1=C(O)C(=O)N(CCc2c[nH]c3ccccc23)C1c1ccco1. The molecule has 0 radical (unpaired) electrons. The number of aliphatic hydroxyl groups excluding tert-OH is 1. The summed E-state index contributed by atoms with van der Waals surface area (Å²) >= 11 is 0. The Kier molecular flexibility index (Phi) is 4.57. The fourth-order valence-electron chi connectivity index (χ4n) is 3.84. The Bertz CT molecular complexity index is 1100. The second kappa shape index (κ2) is 6.95. The Morgan fingerprint density at radius 3 is 2.66 bits per heavy atom. The van der Waals surface area contributed by atoms with Gasteiger partial charge in [0.1, 0.15) is 11.8 Å². The van der Waals surface area contributed by atoms with Crippen LogP contribution in [0.4, 0.5) is 0 Å². The van der Waals surface area contributed by atoms with E-state index in [0.29, 0.717) is 18.7 Å². The number of aromatic nitrogens is 1. The highest BCUT2D eigenvalue weighted by atomic mass is 16.3. The van der Waals surface area contributed by atoms with Crippen molar-refractivity contribution < 1.29 is 19.1 Å². The van der Waals surface area contributed by atoms with Crippen LogP contribution in [-0.2, 0) is 16.0 Å². The maximum atomic E-state index is 13.0. The Morgan fingerprint density at radius 2 is 1.97 bits per heavy atom. The van der Waals surface area contributed by atoms with E-state index in [4.69, 9.17) is 4.42 Å². The molecule has 1 amide bonds. The number of para-hydroxylation sites is 1. The number of aromatic amines is 1. The second-order valence-electron chi connectivity index (χ2n) is 8.37. The summed E-state index contributed by atoms with van der Waals surface area (Å²) in [6.07, 6.45) is 4.02. The molecule has 0 saturated carbocycles. The Hall–Kier alpha value is -3.28. The molecule has 1 aromatic carbocycles. The van der Waals surface area contributed by atoms with E-state index >= 15 is 0 Å². The number of nitrogens with one attached hydrogen (secondary N) is 1. The van der Waals surface area contributed by atoms with Crippen LogP contribution in [0.15, 0.2) is 64.6 Å². The number of carbonyl (C=O) groups excluding carboxylic acids is 2. The van der Waals surface area contributed by atoms with E-state index in [1.807, 2.05) is 30.5 Å². The van der Waals surface area contributed by atoms with Crippen LogP contribution in [0.3, 0.4) is 0 Å². The largest absolute Gasteiger partial charge is 0.503 e. The van der Waals surface area contributed by atoms with Gasteiger partial charge in [-0.25, -0.2) is 0 Å². The van der Waals surface area contributed by atoms with Crippen molar-refractivity contribution in [3.8, 4) is 0 Å². The van der Waals surface area contributed by atoms with E-state index in [9.17, 15) is 14.7 Å². The molecule has 6 nitrogen and oxygen atoms in total. The quantitative estimate of drug-likeness (QED) is 0.677. The lowest BCUT2D eigenvalue weighted by Gasteiger charge is -2.27. The van der Waals surface area contributed by atoms with Crippen molar-refractivity contribution in [3.05, 3.63) is 71.5 Å². The zero-order valence-corrected chi connectivity index (χ0v) is 16.7. The fourth-order valence-corrected chi connectivity index (χ4v) is 3.84. The third-order valence-corrected chi connectivity index (χ3v) is 5.34. The molecule has 0 aliphatic carbocycles. The molecule has 0 saturated heterocycles. The van der Waals surface area contributed by atoms with E-state index in [0.717, 1.165) is 16.5 Å². The number of nitrogens with zero attached hydrogens (tertiary/aromatic N) is 1. The molecule has 0 bridgehead atoms. The number of amides is 1. The van der Waals surface area contributed by atoms with E-state index in [2.05, 4.69) is 4.98 Å². The van der Waals surface area contributed by atoms with Gasteiger partial charge in [-0.15, -0.1) is 0 Å². The monoisotopic (exact) mass is 392 g/mol. The van der Waals surface area contributed by atoms with Crippen molar-refractivity contribution in [2.75, 3.05) is 6.54 Å². The van der Waals surface area contributed by atoms with Gasteiger partial charge in [-0.2, -0.15) is 0 Å². The molecule has 3 heterocycles. The smallest absolute Gasteiger partial charge is 0.290 e. The zero-order valence-electron chi connectivity index (χ0n) is 16.7. The maximum absolute atomic E-state index is 13.0. The first kappa shape index (κ1) is 19.1. The topological polar surface area (TPSA) is 86.5 Å². The molecule has 2 aromatic heterocycles.